The summed E-state index contributed by atoms with van der Waals surface area (Å²) in [6, 6.07) is 66.9. The molecule has 0 fully saturated rings. The summed E-state index contributed by atoms with van der Waals surface area (Å²) in [5, 5.41) is 0. The zero-order valence-electron chi connectivity index (χ0n) is 31.2. The minimum Gasteiger partial charge on any atom is -1.00 e. The van der Waals surface area contributed by atoms with Gasteiger partial charge < -0.3 is 17.0 Å². The normalized spacial score (nSPS) is 18.3. The first-order valence-electron chi connectivity index (χ1n) is 18.8. The van der Waals surface area contributed by atoms with Gasteiger partial charge in [-0.2, -0.15) is 0 Å². The summed E-state index contributed by atoms with van der Waals surface area (Å²) in [6.45, 7) is 0. The van der Waals surface area contributed by atoms with Crippen LogP contribution in [-0.4, -0.2) is 33.3 Å². The number of rotatable bonds is 8. The SMILES string of the molecule is O=C(c1ccccc1)N1C(c2[c]c(C3=N[C@@H](c4ccccc4)[C@H](c4ccccc4)N3C(=O)c3ccccc3)ccc2)=N[C@@H](c2ccccc2)[C@@H]1c1ccccc1.[Br-].[Pd]. The fourth-order valence-electron chi connectivity index (χ4n) is 7.87. The van der Waals surface area contributed by atoms with E-state index in [0.717, 1.165) is 22.3 Å². The molecule has 7 aromatic rings. The summed E-state index contributed by atoms with van der Waals surface area (Å²) in [4.78, 5) is 44.0. The van der Waals surface area contributed by atoms with Gasteiger partial charge in [0, 0.05) is 48.7 Å². The number of carbonyl (C=O) groups is 2. The van der Waals surface area contributed by atoms with E-state index in [-0.39, 0.29) is 61.3 Å². The minimum absolute atomic E-state index is 0. The molecule has 2 aliphatic heterocycles. The molecule has 9 rings (SSSR count). The fraction of sp³-hybridized carbons (Fsp3) is 0.0800. The van der Waals surface area contributed by atoms with Gasteiger partial charge in [-0.15, -0.1) is 0 Å². The monoisotopic (exact) mass is 910 g/mol. The van der Waals surface area contributed by atoms with Gasteiger partial charge in [0.2, 0.25) is 0 Å². The number of halogens is 1. The molecule has 2 amide bonds. The number of nitrogens with zero attached hydrogens (tertiary/aromatic N) is 4. The quantitative estimate of drug-likeness (QED) is 0.151. The molecule has 4 atom stereocenters. The Hall–Kier alpha value is -6.04. The van der Waals surface area contributed by atoms with E-state index >= 15 is 0 Å². The second kappa shape index (κ2) is 18.0. The number of carbonyl (C=O) groups excluding carboxylic acids is 2. The van der Waals surface area contributed by atoms with Crippen LogP contribution in [0.4, 0.5) is 0 Å². The Morgan fingerprint density at radius 1 is 0.397 bits per heavy atom. The van der Waals surface area contributed by atoms with Gasteiger partial charge in [-0.05, 0) is 46.5 Å². The van der Waals surface area contributed by atoms with Crippen molar-refractivity contribution in [3.8, 4) is 0 Å². The molecule has 1 radical (unpaired) electrons. The number of amidine groups is 2. The second-order valence-corrected chi connectivity index (χ2v) is 13.9. The fourth-order valence-corrected chi connectivity index (χ4v) is 7.87. The van der Waals surface area contributed by atoms with Gasteiger partial charge in [-0.3, -0.25) is 29.4 Å². The first kappa shape index (κ1) is 40.2. The summed E-state index contributed by atoms with van der Waals surface area (Å²) in [6.07, 6.45) is 0. The van der Waals surface area contributed by atoms with Crippen LogP contribution < -0.4 is 17.0 Å². The third kappa shape index (κ3) is 7.79. The van der Waals surface area contributed by atoms with Crippen LogP contribution in [-0.2, 0) is 20.4 Å². The van der Waals surface area contributed by atoms with Crippen molar-refractivity contribution >= 4 is 23.5 Å². The standard InChI is InChI=1S/C50H37N4O2.BrH.Pd/c55-49(39-28-15-5-16-29-39)53-45(37-24-11-3-12-25-37)43(35-20-7-1-8-21-35)51-47(53)41-32-19-33-42(34-41)48-52-44(36-22-9-2-10-23-36)46(38-26-13-4-14-27-38)54(48)50(56)40-30-17-6-18-31-40;;/h1-33,43-46H;1H;/p-1/t43-,44-,45-,46-;;/m0../s1. The number of hydrogen-bond acceptors (Lipinski definition) is 4. The third-order valence-electron chi connectivity index (χ3n) is 10.5. The van der Waals surface area contributed by atoms with Crippen LogP contribution in [0.15, 0.2) is 210 Å². The third-order valence-corrected chi connectivity index (χ3v) is 10.5. The van der Waals surface area contributed by atoms with E-state index in [4.69, 9.17) is 9.98 Å². The van der Waals surface area contributed by atoms with E-state index in [1.807, 2.05) is 161 Å². The van der Waals surface area contributed by atoms with Crippen molar-refractivity contribution in [1.29, 1.82) is 0 Å². The van der Waals surface area contributed by atoms with Crippen LogP contribution in [0, 0.1) is 6.07 Å². The molecule has 0 saturated heterocycles. The first-order valence-corrected chi connectivity index (χ1v) is 18.8. The molecule has 0 unspecified atom stereocenters. The average molecular weight is 912 g/mol. The van der Waals surface area contributed by atoms with Crippen molar-refractivity contribution < 1.29 is 47.0 Å². The number of aliphatic imine (C=N–C) groups is 2. The molecule has 0 spiro atoms. The Bertz CT molecular complexity index is 2370. The van der Waals surface area contributed by atoms with E-state index in [1.165, 1.54) is 0 Å². The summed E-state index contributed by atoms with van der Waals surface area (Å²) < 4.78 is 0. The molecule has 6 nitrogen and oxygen atoms in total. The van der Waals surface area contributed by atoms with Gasteiger partial charge in [0.05, 0.1) is 12.1 Å². The molecule has 0 bridgehead atoms. The van der Waals surface area contributed by atoms with Gasteiger partial charge in [-0.1, -0.05) is 176 Å². The molecule has 0 aromatic heterocycles. The van der Waals surface area contributed by atoms with E-state index < -0.39 is 12.1 Å². The molecule has 2 aliphatic rings. The molecular formula is C50H37BrN4O2Pd-. The number of amides is 2. The molecule has 0 N–H and O–H groups in total. The van der Waals surface area contributed by atoms with E-state index in [0.29, 0.717) is 33.9 Å². The van der Waals surface area contributed by atoms with Gasteiger partial charge in [-0.25, -0.2) is 0 Å². The van der Waals surface area contributed by atoms with Crippen LogP contribution in [0.3, 0.4) is 0 Å². The van der Waals surface area contributed by atoms with E-state index in [9.17, 15) is 9.59 Å². The van der Waals surface area contributed by atoms with Crippen molar-refractivity contribution in [2.75, 3.05) is 0 Å². The summed E-state index contributed by atoms with van der Waals surface area (Å²) >= 11 is 0. The molecular weight excluding hydrogens is 875 g/mol. The van der Waals surface area contributed by atoms with Crippen LogP contribution in [0.1, 0.15) is 78.3 Å². The van der Waals surface area contributed by atoms with Crippen molar-refractivity contribution in [3.05, 3.63) is 251 Å². The Kier molecular flexibility index (Phi) is 12.5. The Morgan fingerprint density at radius 2 is 0.690 bits per heavy atom. The van der Waals surface area contributed by atoms with E-state index in [1.54, 1.807) is 0 Å². The maximum atomic E-state index is 14.8. The largest absolute Gasteiger partial charge is 1.00 e. The molecule has 0 aliphatic carbocycles. The van der Waals surface area contributed by atoms with Crippen molar-refractivity contribution in [1.82, 2.24) is 9.80 Å². The Labute approximate surface area is 363 Å². The molecule has 0 saturated carbocycles. The molecule has 8 heteroatoms. The summed E-state index contributed by atoms with van der Waals surface area (Å²) in [5.41, 5.74) is 6.29. The van der Waals surface area contributed by atoms with Crippen LogP contribution in [0.25, 0.3) is 0 Å². The summed E-state index contributed by atoms with van der Waals surface area (Å²) in [5.74, 6) is 0.676. The Morgan fingerprint density at radius 3 is 1.02 bits per heavy atom. The average Bonchev–Trinajstić information content (AvgIpc) is 3.89. The van der Waals surface area contributed by atoms with Gasteiger partial charge >= 0.3 is 0 Å². The van der Waals surface area contributed by atoms with Crippen molar-refractivity contribution in [2.45, 2.75) is 24.2 Å². The van der Waals surface area contributed by atoms with Gasteiger partial charge in [0.1, 0.15) is 23.8 Å². The minimum atomic E-state index is -0.428. The number of hydrogen-bond donors (Lipinski definition) is 0. The maximum absolute atomic E-state index is 14.8. The number of benzene rings is 7. The second-order valence-electron chi connectivity index (χ2n) is 13.9. The first-order chi connectivity index (χ1) is 27.7. The predicted molar refractivity (Wildman–Crippen MR) is 220 cm³/mol. The molecule has 58 heavy (non-hydrogen) atoms. The molecule has 2 heterocycles. The van der Waals surface area contributed by atoms with Crippen LogP contribution in [0.5, 0.6) is 0 Å². The van der Waals surface area contributed by atoms with E-state index in [2.05, 4.69) is 54.6 Å². The van der Waals surface area contributed by atoms with Crippen LogP contribution in [0.2, 0.25) is 0 Å². The molecule has 287 valence electrons. The van der Waals surface area contributed by atoms with Gasteiger partial charge in [0.15, 0.2) is 0 Å². The smallest absolute Gasteiger partial charge is 0.260 e. The topological polar surface area (TPSA) is 65.3 Å². The zero-order valence-corrected chi connectivity index (χ0v) is 34.3. The molecule has 7 aromatic carbocycles. The predicted octanol–water partition coefficient (Wildman–Crippen LogP) is 7.26. The summed E-state index contributed by atoms with van der Waals surface area (Å²) in [7, 11) is 0. The van der Waals surface area contributed by atoms with Crippen molar-refractivity contribution in [2.24, 2.45) is 9.98 Å². The zero-order chi connectivity index (χ0) is 37.8. The van der Waals surface area contributed by atoms with Crippen molar-refractivity contribution in [3.63, 3.8) is 0 Å². The Balaban J connectivity index is 0.00000256. The maximum Gasteiger partial charge on any atom is 0.260 e. The van der Waals surface area contributed by atoms with Crippen LogP contribution >= 0.6 is 0 Å². The van der Waals surface area contributed by atoms with Gasteiger partial charge in [0.25, 0.3) is 11.8 Å².